The van der Waals surface area contributed by atoms with Crippen LogP contribution in [0.15, 0.2) is 54.6 Å². The average molecular weight is 503 g/mol. The third kappa shape index (κ3) is 3.33. The van der Waals surface area contributed by atoms with Gasteiger partial charge in [-0.15, -0.1) is 0 Å². The third-order valence-corrected chi connectivity index (χ3v) is 9.47. The number of aliphatic hydroxyl groups excluding tert-OH is 1. The van der Waals surface area contributed by atoms with Crippen LogP contribution in [0.5, 0.6) is 5.75 Å². The molecule has 6 rings (SSSR count). The summed E-state index contributed by atoms with van der Waals surface area (Å²) in [7, 11) is 2.98. The van der Waals surface area contributed by atoms with Gasteiger partial charge in [-0.25, -0.2) is 4.79 Å². The lowest BCUT2D eigenvalue weighted by atomic mass is 9.51. The molecule has 0 radical (unpaired) electrons. The number of benzene rings is 2. The van der Waals surface area contributed by atoms with Crippen molar-refractivity contribution in [1.82, 2.24) is 4.90 Å². The van der Waals surface area contributed by atoms with Gasteiger partial charge in [-0.1, -0.05) is 42.5 Å². The minimum atomic E-state index is -1.20. The number of carbonyl (C=O) groups excluding carboxylic acids is 2. The van der Waals surface area contributed by atoms with Crippen LogP contribution in [0.4, 0.5) is 5.69 Å². The molecule has 1 N–H and O–H groups in total. The van der Waals surface area contributed by atoms with Crippen molar-refractivity contribution in [2.75, 3.05) is 32.2 Å². The maximum Gasteiger partial charge on any atom is 0.335 e. The summed E-state index contributed by atoms with van der Waals surface area (Å²) in [6, 6.07) is 15.7. The number of methoxy groups -OCH3 is 2. The Bertz CT molecular complexity index is 1250. The van der Waals surface area contributed by atoms with E-state index in [1.807, 2.05) is 53.4 Å². The summed E-state index contributed by atoms with van der Waals surface area (Å²) in [5, 5.41) is 11.4. The van der Waals surface area contributed by atoms with E-state index < -0.39 is 22.9 Å². The lowest BCUT2D eigenvalue weighted by Crippen LogP contribution is -2.69. The Balaban J connectivity index is 1.49. The summed E-state index contributed by atoms with van der Waals surface area (Å²) < 4.78 is 10.9. The van der Waals surface area contributed by atoms with Crippen LogP contribution in [0.2, 0.25) is 0 Å². The van der Waals surface area contributed by atoms with Crippen molar-refractivity contribution >= 4 is 23.6 Å². The molecule has 194 valence electrons. The molecule has 5 unspecified atom stereocenters. The molecule has 1 amide bonds. The Morgan fingerprint density at radius 1 is 1.05 bits per heavy atom. The lowest BCUT2D eigenvalue weighted by molar-refractivity contribution is -0.172. The number of ether oxygens (including phenoxy) is 2. The van der Waals surface area contributed by atoms with Crippen LogP contribution in [0.1, 0.15) is 43.2 Å². The predicted octanol–water partition coefficient (Wildman–Crippen LogP) is 3.54. The Morgan fingerprint density at radius 3 is 2.62 bits per heavy atom. The van der Waals surface area contributed by atoms with E-state index in [0.29, 0.717) is 18.6 Å². The number of esters is 1. The summed E-state index contributed by atoms with van der Waals surface area (Å²) in [6.07, 6.45) is 6.23. The Hall–Kier alpha value is -3.16. The predicted molar refractivity (Wildman–Crippen MR) is 140 cm³/mol. The van der Waals surface area contributed by atoms with Gasteiger partial charge >= 0.3 is 5.97 Å². The van der Waals surface area contributed by atoms with Crippen LogP contribution in [0.3, 0.4) is 0 Å². The quantitative estimate of drug-likeness (QED) is 0.498. The van der Waals surface area contributed by atoms with E-state index >= 15 is 0 Å². The number of hydrogen-bond donors (Lipinski definition) is 1. The van der Waals surface area contributed by atoms with Crippen molar-refractivity contribution < 1.29 is 24.2 Å². The van der Waals surface area contributed by atoms with E-state index in [4.69, 9.17) is 9.47 Å². The molecule has 7 heteroatoms. The van der Waals surface area contributed by atoms with Gasteiger partial charge in [-0.05, 0) is 68.5 Å². The minimum Gasteiger partial charge on any atom is -0.495 e. The molecule has 4 aliphatic rings. The SMILES string of the molecule is COC(=O)C(O)C12CCCN3CCC4(c5cccc(OC)c5N(C(=O)/C=C/c5ccccc5)C4CC1)C32. The Morgan fingerprint density at radius 2 is 1.86 bits per heavy atom. The fraction of sp³-hybridized carbons (Fsp3) is 0.467. The van der Waals surface area contributed by atoms with Crippen molar-refractivity contribution in [3.8, 4) is 5.75 Å². The summed E-state index contributed by atoms with van der Waals surface area (Å²) >= 11 is 0. The van der Waals surface area contributed by atoms with Gasteiger partial charge in [0, 0.05) is 29.0 Å². The summed E-state index contributed by atoms with van der Waals surface area (Å²) in [4.78, 5) is 31.1. The van der Waals surface area contributed by atoms with E-state index in [1.165, 1.54) is 7.11 Å². The Kier molecular flexibility index (Phi) is 5.88. The number of anilines is 1. The van der Waals surface area contributed by atoms with Gasteiger partial charge in [0.2, 0.25) is 0 Å². The monoisotopic (exact) mass is 502 g/mol. The van der Waals surface area contributed by atoms with E-state index in [0.717, 1.165) is 49.2 Å². The van der Waals surface area contributed by atoms with Crippen LogP contribution in [-0.4, -0.2) is 67.4 Å². The van der Waals surface area contributed by atoms with Crippen LogP contribution in [-0.2, 0) is 19.7 Å². The van der Waals surface area contributed by atoms with Crippen molar-refractivity contribution in [2.45, 2.75) is 55.7 Å². The fourth-order valence-electron chi connectivity index (χ4n) is 8.19. The number of piperidine rings is 1. The van der Waals surface area contributed by atoms with Crippen LogP contribution in [0.25, 0.3) is 6.08 Å². The molecule has 1 spiro atoms. The molecule has 1 aliphatic carbocycles. The van der Waals surface area contributed by atoms with Gasteiger partial charge in [0.15, 0.2) is 6.10 Å². The molecule has 1 saturated carbocycles. The largest absolute Gasteiger partial charge is 0.495 e. The first-order chi connectivity index (χ1) is 18.0. The smallest absolute Gasteiger partial charge is 0.335 e. The van der Waals surface area contributed by atoms with Gasteiger partial charge < -0.3 is 19.5 Å². The highest BCUT2D eigenvalue weighted by Gasteiger charge is 2.71. The highest BCUT2D eigenvalue weighted by molar-refractivity contribution is 6.07. The molecule has 0 bridgehead atoms. The molecule has 2 saturated heterocycles. The average Bonchev–Trinajstić information content (AvgIpc) is 3.48. The van der Waals surface area contributed by atoms with E-state index in [9.17, 15) is 14.7 Å². The van der Waals surface area contributed by atoms with E-state index in [-0.39, 0.29) is 18.0 Å². The molecule has 7 nitrogen and oxygen atoms in total. The van der Waals surface area contributed by atoms with Crippen LogP contribution >= 0.6 is 0 Å². The number of fused-ring (bicyclic) bond motifs is 1. The highest BCUT2D eigenvalue weighted by atomic mass is 16.5. The van der Waals surface area contributed by atoms with E-state index in [1.54, 1.807) is 13.2 Å². The molecule has 3 aliphatic heterocycles. The summed E-state index contributed by atoms with van der Waals surface area (Å²) in [5.41, 5.74) is 1.88. The molecule has 3 fully saturated rings. The highest BCUT2D eigenvalue weighted by Crippen LogP contribution is 2.66. The molecule has 5 atom stereocenters. The number of nitrogens with zero attached hydrogens (tertiary/aromatic N) is 2. The van der Waals surface area contributed by atoms with Gasteiger partial charge in [0.1, 0.15) is 5.75 Å². The van der Waals surface area contributed by atoms with Gasteiger partial charge in [0.05, 0.1) is 19.9 Å². The number of aliphatic hydroxyl groups is 1. The van der Waals surface area contributed by atoms with Gasteiger partial charge in [-0.3, -0.25) is 9.69 Å². The zero-order valence-electron chi connectivity index (χ0n) is 21.4. The second-order valence-corrected chi connectivity index (χ2v) is 10.9. The molecule has 2 aromatic carbocycles. The second-order valence-electron chi connectivity index (χ2n) is 10.9. The molecule has 0 aromatic heterocycles. The molecule has 3 heterocycles. The van der Waals surface area contributed by atoms with Crippen LogP contribution < -0.4 is 9.64 Å². The number of para-hydroxylation sites is 1. The molecule has 37 heavy (non-hydrogen) atoms. The normalized spacial score (nSPS) is 30.9. The second kappa shape index (κ2) is 8.99. The molecular weight excluding hydrogens is 468 g/mol. The lowest BCUT2D eigenvalue weighted by Gasteiger charge is -2.59. The first-order valence-corrected chi connectivity index (χ1v) is 13.2. The van der Waals surface area contributed by atoms with E-state index in [2.05, 4.69) is 11.0 Å². The number of rotatable bonds is 5. The maximum absolute atomic E-state index is 14.0. The first-order valence-electron chi connectivity index (χ1n) is 13.2. The third-order valence-electron chi connectivity index (χ3n) is 9.47. The standard InChI is InChI=1S/C30H34N2O5/c1-36-22-11-6-10-21-25(22)32(24(33)13-12-20-8-4-3-5-9-20)23-14-16-29(26(34)27(35)37-2)15-7-18-31-19-17-30(21,23)28(29)31/h3-6,8-13,23,26,28,34H,7,14-19H2,1-2H3/b13-12+. The minimum absolute atomic E-state index is 0.0663. The fourth-order valence-corrected chi connectivity index (χ4v) is 8.19. The van der Waals surface area contributed by atoms with Crippen molar-refractivity contribution in [3.05, 3.63) is 65.7 Å². The Labute approximate surface area is 217 Å². The van der Waals surface area contributed by atoms with Crippen molar-refractivity contribution in [3.63, 3.8) is 0 Å². The van der Waals surface area contributed by atoms with Crippen molar-refractivity contribution in [1.29, 1.82) is 0 Å². The topological polar surface area (TPSA) is 79.3 Å². The molecule has 2 aromatic rings. The number of amides is 1. The number of carbonyl (C=O) groups is 2. The van der Waals surface area contributed by atoms with Crippen molar-refractivity contribution in [2.24, 2.45) is 5.41 Å². The molecular formula is C30H34N2O5. The first kappa shape index (κ1) is 24.2. The van der Waals surface area contributed by atoms with Gasteiger partial charge in [-0.2, -0.15) is 0 Å². The maximum atomic E-state index is 14.0. The zero-order chi connectivity index (χ0) is 25.8. The summed E-state index contributed by atoms with van der Waals surface area (Å²) in [5.74, 6) is 0.0350. The summed E-state index contributed by atoms with van der Waals surface area (Å²) in [6.45, 7) is 1.80. The zero-order valence-corrected chi connectivity index (χ0v) is 21.4. The van der Waals surface area contributed by atoms with Gasteiger partial charge in [0.25, 0.3) is 5.91 Å². The number of hydrogen-bond acceptors (Lipinski definition) is 6. The van der Waals surface area contributed by atoms with Crippen LogP contribution in [0, 0.1) is 5.41 Å².